The molecule has 1 saturated carbocycles. The van der Waals surface area contributed by atoms with Crippen LogP contribution in [0, 0.1) is 5.82 Å². The number of anilines is 1. The Labute approximate surface area is 101 Å². The lowest BCUT2D eigenvalue weighted by Crippen LogP contribution is -2.21. The number of ether oxygens (including phenoxy) is 1. The summed E-state index contributed by atoms with van der Waals surface area (Å²) in [5.41, 5.74) is 0. The topological polar surface area (TPSA) is 47.0 Å². The van der Waals surface area contributed by atoms with E-state index in [0.717, 1.165) is 31.9 Å². The molecule has 5 heteroatoms. The normalized spacial score (nSPS) is 16.8. The van der Waals surface area contributed by atoms with Gasteiger partial charge < -0.3 is 10.1 Å². The zero-order valence-electron chi connectivity index (χ0n) is 10.1. The summed E-state index contributed by atoms with van der Waals surface area (Å²) in [6.45, 7) is 2.64. The van der Waals surface area contributed by atoms with Crippen LogP contribution in [0.15, 0.2) is 6.20 Å². The first-order valence-corrected chi connectivity index (χ1v) is 6.22. The molecular weight excluding hydrogens is 221 g/mol. The predicted octanol–water partition coefficient (Wildman–Crippen LogP) is 2.76. The molecule has 1 aromatic rings. The Morgan fingerprint density at radius 1 is 1.41 bits per heavy atom. The Morgan fingerprint density at radius 3 is 2.88 bits per heavy atom. The van der Waals surface area contributed by atoms with Gasteiger partial charge in [0, 0.05) is 6.54 Å². The van der Waals surface area contributed by atoms with Crippen molar-refractivity contribution in [1.82, 2.24) is 9.97 Å². The molecule has 1 aliphatic rings. The largest absolute Gasteiger partial charge is 0.472 e. The van der Waals surface area contributed by atoms with Gasteiger partial charge in [-0.15, -0.1) is 0 Å². The van der Waals surface area contributed by atoms with Crippen molar-refractivity contribution in [1.29, 1.82) is 0 Å². The second kappa shape index (κ2) is 5.80. The number of nitrogens with zero attached hydrogens (tertiary/aromatic N) is 2. The summed E-state index contributed by atoms with van der Waals surface area (Å²) in [4.78, 5) is 7.88. The molecule has 0 bridgehead atoms. The second-order valence-corrected chi connectivity index (χ2v) is 4.25. The molecule has 0 unspecified atom stereocenters. The van der Waals surface area contributed by atoms with E-state index in [1.54, 1.807) is 0 Å². The third-order valence-corrected chi connectivity index (χ3v) is 2.88. The van der Waals surface area contributed by atoms with Crippen molar-refractivity contribution in [3.05, 3.63) is 12.0 Å². The number of hydrogen-bond acceptors (Lipinski definition) is 4. The third-order valence-electron chi connectivity index (χ3n) is 2.88. The molecule has 2 rings (SSSR count). The molecule has 0 atom stereocenters. The highest BCUT2D eigenvalue weighted by molar-refractivity contribution is 5.28. The Balaban J connectivity index is 2.04. The fourth-order valence-electron chi connectivity index (χ4n) is 2.02. The number of halogens is 1. The van der Waals surface area contributed by atoms with Gasteiger partial charge in [0.05, 0.1) is 6.20 Å². The van der Waals surface area contributed by atoms with Gasteiger partial charge in [0.15, 0.2) is 0 Å². The van der Waals surface area contributed by atoms with E-state index in [0.29, 0.717) is 12.5 Å². The SMILES string of the molecule is CCNc1ncc(F)c(OC2CCCCC2)n1. The number of hydrogen-bond donors (Lipinski definition) is 1. The first-order chi connectivity index (χ1) is 8.29. The Morgan fingerprint density at radius 2 is 2.18 bits per heavy atom. The molecule has 0 amide bonds. The van der Waals surface area contributed by atoms with Crippen LogP contribution in [0.3, 0.4) is 0 Å². The van der Waals surface area contributed by atoms with Crippen molar-refractivity contribution in [2.45, 2.75) is 45.1 Å². The highest BCUT2D eigenvalue weighted by atomic mass is 19.1. The van der Waals surface area contributed by atoms with Gasteiger partial charge in [-0.3, -0.25) is 0 Å². The highest BCUT2D eigenvalue weighted by Gasteiger charge is 2.18. The van der Waals surface area contributed by atoms with Crippen LogP contribution in [0.5, 0.6) is 5.88 Å². The molecule has 94 valence electrons. The van der Waals surface area contributed by atoms with E-state index in [1.165, 1.54) is 6.42 Å². The van der Waals surface area contributed by atoms with Crippen LogP contribution in [-0.4, -0.2) is 22.6 Å². The van der Waals surface area contributed by atoms with E-state index in [9.17, 15) is 4.39 Å². The van der Waals surface area contributed by atoms with Gasteiger partial charge in [-0.1, -0.05) is 6.42 Å². The molecule has 0 aromatic carbocycles. The van der Waals surface area contributed by atoms with Crippen LogP contribution in [-0.2, 0) is 0 Å². The minimum Gasteiger partial charge on any atom is -0.472 e. The molecule has 1 heterocycles. The summed E-state index contributed by atoms with van der Waals surface area (Å²) in [7, 11) is 0. The monoisotopic (exact) mass is 239 g/mol. The maximum atomic E-state index is 13.5. The van der Waals surface area contributed by atoms with Gasteiger partial charge in [-0.25, -0.2) is 4.98 Å². The van der Waals surface area contributed by atoms with E-state index in [-0.39, 0.29) is 12.0 Å². The van der Waals surface area contributed by atoms with Gasteiger partial charge in [0.1, 0.15) is 6.10 Å². The Hall–Kier alpha value is -1.39. The smallest absolute Gasteiger partial charge is 0.255 e. The summed E-state index contributed by atoms with van der Waals surface area (Å²) in [6, 6.07) is 0. The molecule has 1 aromatic heterocycles. The van der Waals surface area contributed by atoms with Crippen LogP contribution in [0.1, 0.15) is 39.0 Å². The molecule has 0 aliphatic heterocycles. The summed E-state index contributed by atoms with van der Waals surface area (Å²) < 4.78 is 19.1. The van der Waals surface area contributed by atoms with Gasteiger partial charge in [0.25, 0.3) is 5.88 Å². The number of aromatic nitrogens is 2. The number of rotatable bonds is 4. The zero-order chi connectivity index (χ0) is 12.1. The molecule has 0 radical (unpaired) electrons. The van der Waals surface area contributed by atoms with Crippen molar-refractivity contribution >= 4 is 5.95 Å². The van der Waals surface area contributed by atoms with Crippen molar-refractivity contribution in [2.24, 2.45) is 0 Å². The van der Waals surface area contributed by atoms with Crippen LogP contribution >= 0.6 is 0 Å². The van der Waals surface area contributed by atoms with Crippen LogP contribution < -0.4 is 10.1 Å². The van der Waals surface area contributed by atoms with Crippen LogP contribution in [0.2, 0.25) is 0 Å². The standard InChI is InChI=1S/C12H18FN3O/c1-2-14-12-15-8-10(13)11(16-12)17-9-6-4-3-5-7-9/h8-9H,2-7H2,1H3,(H,14,15,16). The van der Waals surface area contributed by atoms with Gasteiger partial charge >= 0.3 is 0 Å². The van der Waals surface area contributed by atoms with Crippen molar-refractivity contribution in [3.63, 3.8) is 0 Å². The van der Waals surface area contributed by atoms with E-state index in [1.807, 2.05) is 6.92 Å². The van der Waals surface area contributed by atoms with E-state index in [4.69, 9.17) is 4.74 Å². The third kappa shape index (κ3) is 3.28. The van der Waals surface area contributed by atoms with E-state index < -0.39 is 5.82 Å². The summed E-state index contributed by atoms with van der Waals surface area (Å²) >= 11 is 0. The molecule has 1 aliphatic carbocycles. The lowest BCUT2D eigenvalue weighted by atomic mass is 9.98. The molecule has 1 fully saturated rings. The lowest BCUT2D eigenvalue weighted by molar-refractivity contribution is 0.142. The summed E-state index contributed by atoms with van der Waals surface area (Å²) in [5.74, 6) is -0.000198. The minimum atomic E-state index is -0.489. The van der Waals surface area contributed by atoms with E-state index in [2.05, 4.69) is 15.3 Å². The minimum absolute atomic E-state index is 0.0721. The van der Waals surface area contributed by atoms with Gasteiger partial charge in [0.2, 0.25) is 11.8 Å². The first kappa shape index (κ1) is 12.1. The van der Waals surface area contributed by atoms with Crippen molar-refractivity contribution in [3.8, 4) is 5.88 Å². The van der Waals surface area contributed by atoms with Crippen molar-refractivity contribution in [2.75, 3.05) is 11.9 Å². The van der Waals surface area contributed by atoms with Crippen molar-refractivity contribution < 1.29 is 9.13 Å². The molecule has 0 saturated heterocycles. The summed E-state index contributed by atoms with van der Waals surface area (Å²) in [6.07, 6.45) is 6.77. The first-order valence-electron chi connectivity index (χ1n) is 6.22. The zero-order valence-corrected chi connectivity index (χ0v) is 10.1. The predicted molar refractivity (Wildman–Crippen MR) is 63.7 cm³/mol. The highest BCUT2D eigenvalue weighted by Crippen LogP contribution is 2.24. The molecule has 1 N–H and O–H groups in total. The fourth-order valence-corrected chi connectivity index (χ4v) is 2.02. The average Bonchev–Trinajstić information content (AvgIpc) is 2.35. The molecular formula is C12H18FN3O. The van der Waals surface area contributed by atoms with Crippen LogP contribution in [0.25, 0.3) is 0 Å². The average molecular weight is 239 g/mol. The summed E-state index contributed by atoms with van der Waals surface area (Å²) in [5, 5.41) is 2.94. The molecule has 4 nitrogen and oxygen atoms in total. The molecule has 0 spiro atoms. The van der Waals surface area contributed by atoms with Gasteiger partial charge in [-0.05, 0) is 32.6 Å². The van der Waals surface area contributed by atoms with E-state index >= 15 is 0 Å². The second-order valence-electron chi connectivity index (χ2n) is 4.25. The maximum Gasteiger partial charge on any atom is 0.255 e. The maximum absolute atomic E-state index is 13.5. The Bertz CT molecular complexity index is 367. The molecule has 17 heavy (non-hydrogen) atoms. The lowest BCUT2D eigenvalue weighted by Gasteiger charge is -2.22. The van der Waals surface area contributed by atoms with Gasteiger partial charge in [-0.2, -0.15) is 9.37 Å². The Kier molecular flexibility index (Phi) is 4.12. The fraction of sp³-hybridized carbons (Fsp3) is 0.667. The van der Waals surface area contributed by atoms with Crippen LogP contribution in [0.4, 0.5) is 10.3 Å². The quantitative estimate of drug-likeness (QED) is 0.877. The number of nitrogens with one attached hydrogen (secondary N) is 1.